The fourth-order valence-corrected chi connectivity index (χ4v) is 1.07. The van der Waals surface area contributed by atoms with Crippen LogP contribution in [0.5, 0.6) is 0 Å². The Bertz CT molecular complexity index is 264. The van der Waals surface area contributed by atoms with Crippen molar-refractivity contribution in [2.45, 2.75) is 26.4 Å². The lowest BCUT2D eigenvalue weighted by atomic mass is 9.84. The molecule has 0 aliphatic rings. The molecule has 0 aromatic rings. The molecule has 15 heavy (non-hydrogen) atoms. The number of carboxylic acids is 1. The Hall–Kier alpha value is -1.07. The number of hydrogen-bond donors (Lipinski definition) is 1. The molecule has 0 bridgehead atoms. The van der Waals surface area contributed by atoms with Gasteiger partial charge in [0.15, 0.2) is 0 Å². The molecule has 0 amide bonds. The Kier molecular flexibility index (Phi) is 4.30. The molecule has 88 valence electrons. The van der Waals surface area contributed by atoms with Gasteiger partial charge in [-0.25, -0.2) is 9.18 Å². The van der Waals surface area contributed by atoms with Gasteiger partial charge in [-0.15, -0.1) is 0 Å². The highest BCUT2D eigenvalue weighted by Gasteiger charge is 2.52. The van der Waals surface area contributed by atoms with E-state index in [0.717, 1.165) is 6.92 Å². The molecule has 0 saturated heterocycles. The lowest BCUT2D eigenvalue weighted by molar-refractivity contribution is -0.211. The van der Waals surface area contributed by atoms with E-state index in [-0.39, 0.29) is 0 Å². The highest BCUT2D eigenvalue weighted by atomic mass is 19.4. The van der Waals surface area contributed by atoms with Crippen LogP contribution in [-0.4, -0.2) is 23.9 Å². The maximum Gasteiger partial charge on any atom is 0.400 e. The fraction of sp³-hybridized carbons (Fsp3) is 0.667. The maximum absolute atomic E-state index is 12.5. The van der Waals surface area contributed by atoms with Gasteiger partial charge in [0, 0.05) is 5.57 Å². The smallest absolute Gasteiger partial charge is 0.400 e. The minimum absolute atomic E-state index is 0.440. The molecule has 0 spiro atoms. The fourth-order valence-electron chi connectivity index (χ4n) is 1.07. The lowest BCUT2D eigenvalue weighted by Crippen LogP contribution is -2.38. The predicted molar refractivity (Wildman–Crippen MR) is 46.1 cm³/mol. The zero-order valence-corrected chi connectivity index (χ0v) is 8.36. The molecule has 0 aromatic carbocycles. The number of alkyl halides is 4. The Balaban J connectivity index is 5.32. The summed E-state index contributed by atoms with van der Waals surface area (Å²) >= 11 is 0. The molecule has 0 fully saturated rings. The van der Waals surface area contributed by atoms with Crippen LogP contribution in [0.25, 0.3) is 0 Å². The van der Waals surface area contributed by atoms with Crippen molar-refractivity contribution in [3.8, 4) is 0 Å². The quantitative estimate of drug-likeness (QED) is 0.593. The number of aliphatic carboxylic acids is 1. The Morgan fingerprint density at radius 3 is 2.07 bits per heavy atom. The summed E-state index contributed by atoms with van der Waals surface area (Å²) in [6.07, 6.45) is -4.87. The molecule has 0 saturated carbocycles. The Morgan fingerprint density at radius 2 is 1.87 bits per heavy atom. The van der Waals surface area contributed by atoms with E-state index in [1.165, 1.54) is 6.92 Å². The molecule has 0 aliphatic heterocycles. The van der Waals surface area contributed by atoms with E-state index in [1.54, 1.807) is 0 Å². The van der Waals surface area contributed by atoms with E-state index in [4.69, 9.17) is 5.11 Å². The van der Waals surface area contributed by atoms with Crippen molar-refractivity contribution < 1.29 is 27.5 Å². The molecule has 0 aliphatic carbocycles. The molecule has 2 nitrogen and oxygen atoms in total. The van der Waals surface area contributed by atoms with Crippen molar-refractivity contribution >= 4 is 5.97 Å². The van der Waals surface area contributed by atoms with Crippen molar-refractivity contribution in [1.82, 2.24) is 0 Å². The van der Waals surface area contributed by atoms with Crippen LogP contribution in [0.4, 0.5) is 17.6 Å². The van der Waals surface area contributed by atoms with Crippen molar-refractivity contribution in [1.29, 1.82) is 0 Å². The summed E-state index contributed by atoms with van der Waals surface area (Å²) in [5, 5.41) is 8.44. The van der Waals surface area contributed by atoms with Gasteiger partial charge < -0.3 is 5.11 Å². The first-order valence-corrected chi connectivity index (χ1v) is 4.25. The summed E-state index contributed by atoms with van der Waals surface area (Å²) in [6.45, 7) is 0.518. The van der Waals surface area contributed by atoms with Gasteiger partial charge in [-0.2, -0.15) is 13.2 Å². The number of hydrogen-bond acceptors (Lipinski definition) is 1. The molecule has 0 heterocycles. The molecule has 1 unspecified atom stereocenters. The highest BCUT2D eigenvalue weighted by Crippen LogP contribution is 2.43. The molecule has 0 aromatic heterocycles. The van der Waals surface area contributed by atoms with E-state index in [9.17, 15) is 22.4 Å². The SMILES string of the molecule is CCC(C=C(C)C(=O)O)(CF)C(F)(F)F. The van der Waals surface area contributed by atoms with E-state index < -0.39 is 36.2 Å². The monoisotopic (exact) mass is 228 g/mol. The van der Waals surface area contributed by atoms with Crippen molar-refractivity contribution in [2.75, 3.05) is 6.67 Å². The second kappa shape index (κ2) is 4.63. The summed E-state index contributed by atoms with van der Waals surface area (Å²) in [6, 6.07) is 0. The normalized spacial score (nSPS) is 17.3. The third-order valence-electron chi connectivity index (χ3n) is 2.26. The number of halogens is 4. The standard InChI is InChI=1S/C9H12F4O2/c1-3-8(5-10,9(11,12)13)4-6(2)7(14)15/h4H,3,5H2,1-2H3,(H,14,15). The average Bonchev–Trinajstić information content (AvgIpc) is 2.11. The van der Waals surface area contributed by atoms with Crippen LogP contribution in [0, 0.1) is 5.41 Å². The molecule has 1 atom stereocenters. The number of carboxylic acid groups (broad SMARTS) is 1. The Morgan fingerprint density at radius 1 is 1.40 bits per heavy atom. The minimum atomic E-state index is -4.78. The summed E-state index contributed by atoms with van der Waals surface area (Å²) in [7, 11) is 0. The van der Waals surface area contributed by atoms with Gasteiger partial charge in [0.05, 0.1) is 0 Å². The minimum Gasteiger partial charge on any atom is -0.478 e. The van der Waals surface area contributed by atoms with Gasteiger partial charge in [-0.3, -0.25) is 0 Å². The van der Waals surface area contributed by atoms with Gasteiger partial charge in [0.25, 0.3) is 0 Å². The van der Waals surface area contributed by atoms with Gasteiger partial charge >= 0.3 is 12.1 Å². The van der Waals surface area contributed by atoms with E-state index >= 15 is 0 Å². The average molecular weight is 228 g/mol. The van der Waals surface area contributed by atoms with Crippen molar-refractivity contribution in [3.05, 3.63) is 11.6 Å². The van der Waals surface area contributed by atoms with Gasteiger partial charge in [0.1, 0.15) is 12.1 Å². The molecule has 0 rings (SSSR count). The second-order valence-electron chi connectivity index (χ2n) is 3.27. The first kappa shape index (κ1) is 13.9. The number of allylic oxidation sites excluding steroid dienone is 1. The van der Waals surface area contributed by atoms with E-state index in [0.29, 0.717) is 6.08 Å². The predicted octanol–water partition coefficient (Wildman–Crippen LogP) is 2.95. The van der Waals surface area contributed by atoms with E-state index in [2.05, 4.69) is 0 Å². The first-order valence-electron chi connectivity index (χ1n) is 4.25. The summed E-state index contributed by atoms with van der Waals surface area (Å²) in [4.78, 5) is 10.4. The van der Waals surface area contributed by atoms with Crippen LogP contribution in [0.15, 0.2) is 11.6 Å². The van der Waals surface area contributed by atoms with Crippen LogP contribution in [-0.2, 0) is 4.79 Å². The van der Waals surface area contributed by atoms with Crippen LogP contribution in [0.2, 0.25) is 0 Å². The molecule has 0 radical (unpaired) electrons. The molecular formula is C9H12F4O2. The second-order valence-corrected chi connectivity index (χ2v) is 3.27. The number of carbonyl (C=O) groups is 1. The van der Waals surface area contributed by atoms with Crippen LogP contribution in [0.3, 0.4) is 0 Å². The molecule has 6 heteroatoms. The van der Waals surface area contributed by atoms with Gasteiger partial charge in [-0.1, -0.05) is 13.0 Å². The van der Waals surface area contributed by atoms with Crippen molar-refractivity contribution in [2.24, 2.45) is 5.41 Å². The van der Waals surface area contributed by atoms with Crippen LogP contribution in [0.1, 0.15) is 20.3 Å². The molecule has 1 N–H and O–H groups in total. The van der Waals surface area contributed by atoms with E-state index in [1.807, 2.05) is 0 Å². The maximum atomic E-state index is 12.5. The largest absolute Gasteiger partial charge is 0.478 e. The van der Waals surface area contributed by atoms with Gasteiger partial charge in [-0.05, 0) is 13.3 Å². The van der Waals surface area contributed by atoms with Crippen molar-refractivity contribution in [3.63, 3.8) is 0 Å². The lowest BCUT2D eigenvalue weighted by Gasteiger charge is -2.29. The summed E-state index contributed by atoms with van der Waals surface area (Å²) in [5.41, 5.74) is -3.19. The summed E-state index contributed by atoms with van der Waals surface area (Å²) < 4.78 is 50.0. The zero-order chi connectivity index (χ0) is 12.3. The molecular weight excluding hydrogens is 216 g/mol. The zero-order valence-electron chi connectivity index (χ0n) is 8.36. The first-order chi connectivity index (χ1) is 6.70. The topological polar surface area (TPSA) is 37.3 Å². The Labute approximate surface area is 84.6 Å². The third-order valence-corrected chi connectivity index (χ3v) is 2.26. The highest BCUT2D eigenvalue weighted by molar-refractivity contribution is 5.85. The summed E-state index contributed by atoms with van der Waals surface area (Å²) in [5.74, 6) is -1.48. The third kappa shape index (κ3) is 2.94. The van der Waals surface area contributed by atoms with Crippen LogP contribution >= 0.6 is 0 Å². The van der Waals surface area contributed by atoms with Gasteiger partial charge in [0.2, 0.25) is 0 Å². The van der Waals surface area contributed by atoms with Crippen LogP contribution < -0.4 is 0 Å². The number of rotatable bonds is 4.